The van der Waals surface area contributed by atoms with Crippen LogP contribution >= 0.6 is 0 Å². The Bertz CT molecular complexity index is 331. The van der Waals surface area contributed by atoms with Crippen LogP contribution in [-0.4, -0.2) is 59.2 Å². The van der Waals surface area contributed by atoms with Crippen LogP contribution in [0.1, 0.15) is 12.1 Å². The number of rotatable bonds is 4. The maximum Gasteiger partial charge on any atom is 0.0544 e. The number of pyridine rings is 1. The van der Waals surface area contributed by atoms with Gasteiger partial charge in [0, 0.05) is 45.0 Å². The van der Waals surface area contributed by atoms with Gasteiger partial charge in [0.05, 0.1) is 5.69 Å². The lowest BCUT2D eigenvalue weighted by molar-refractivity contribution is 0.0658. The smallest absolute Gasteiger partial charge is 0.0544 e. The molecule has 1 aromatic rings. The molecule has 1 atom stereocenters. The second-order valence-electron chi connectivity index (χ2n) is 4.72. The minimum Gasteiger partial charge on any atom is -0.396 e. The van der Waals surface area contributed by atoms with Crippen molar-refractivity contribution in [3.05, 3.63) is 30.1 Å². The van der Waals surface area contributed by atoms with Gasteiger partial charge in [-0.3, -0.25) is 9.88 Å². The number of aliphatic hydroxyl groups is 1. The third-order valence-corrected chi connectivity index (χ3v) is 3.36. The lowest BCUT2D eigenvalue weighted by atomic mass is 10.1. The number of piperazine rings is 1. The fourth-order valence-corrected chi connectivity index (χ4v) is 2.38. The molecule has 0 bridgehead atoms. The highest BCUT2D eigenvalue weighted by Crippen LogP contribution is 2.14. The van der Waals surface area contributed by atoms with Gasteiger partial charge in [-0.05, 0) is 25.6 Å². The van der Waals surface area contributed by atoms with Crippen molar-refractivity contribution < 1.29 is 5.11 Å². The summed E-state index contributed by atoms with van der Waals surface area (Å²) in [7, 11) is 2.14. The van der Waals surface area contributed by atoms with E-state index in [9.17, 15) is 0 Å². The molecule has 0 aromatic carbocycles. The molecule has 17 heavy (non-hydrogen) atoms. The first-order chi connectivity index (χ1) is 8.29. The van der Waals surface area contributed by atoms with E-state index in [1.165, 1.54) is 0 Å². The lowest BCUT2D eigenvalue weighted by Gasteiger charge is -2.39. The van der Waals surface area contributed by atoms with E-state index >= 15 is 0 Å². The third-order valence-electron chi connectivity index (χ3n) is 3.36. The minimum absolute atomic E-state index is 0.261. The zero-order valence-corrected chi connectivity index (χ0v) is 10.4. The van der Waals surface area contributed by atoms with Gasteiger partial charge in [-0.15, -0.1) is 0 Å². The highest BCUT2D eigenvalue weighted by atomic mass is 16.3. The molecule has 1 saturated heterocycles. The van der Waals surface area contributed by atoms with Crippen LogP contribution in [0.5, 0.6) is 0 Å². The quantitative estimate of drug-likeness (QED) is 0.828. The van der Waals surface area contributed by atoms with Gasteiger partial charge >= 0.3 is 0 Å². The molecule has 4 nitrogen and oxygen atoms in total. The fraction of sp³-hybridized carbons (Fsp3) is 0.615. The average molecular weight is 235 g/mol. The number of hydrogen-bond donors (Lipinski definition) is 1. The van der Waals surface area contributed by atoms with E-state index in [1.54, 1.807) is 0 Å². The molecule has 1 aliphatic rings. The Balaban J connectivity index is 1.98. The zero-order valence-electron chi connectivity index (χ0n) is 10.4. The van der Waals surface area contributed by atoms with Gasteiger partial charge < -0.3 is 10.0 Å². The Kier molecular flexibility index (Phi) is 4.48. The first-order valence-corrected chi connectivity index (χ1v) is 6.23. The number of likely N-dealkylation sites (N-methyl/N-ethyl adjacent to an activating group) is 1. The Morgan fingerprint density at radius 2 is 2.29 bits per heavy atom. The summed E-state index contributed by atoms with van der Waals surface area (Å²) in [5.41, 5.74) is 1.11. The van der Waals surface area contributed by atoms with Crippen molar-refractivity contribution in [3.63, 3.8) is 0 Å². The van der Waals surface area contributed by atoms with Gasteiger partial charge in [-0.1, -0.05) is 6.07 Å². The fourth-order valence-electron chi connectivity index (χ4n) is 2.38. The van der Waals surface area contributed by atoms with Crippen molar-refractivity contribution in [1.82, 2.24) is 14.8 Å². The first-order valence-electron chi connectivity index (χ1n) is 6.23. The molecule has 1 fully saturated rings. The summed E-state index contributed by atoms with van der Waals surface area (Å²) in [6.45, 7) is 4.33. The monoisotopic (exact) mass is 235 g/mol. The standard InChI is InChI=1S/C13H21N3O/c1-15-7-8-16(13(11-15)5-9-17)10-12-4-2-3-6-14-12/h2-4,6,13,17H,5,7-11H2,1H3. The summed E-state index contributed by atoms with van der Waals surface area (Å²) in [4.78, 5) is 9.13. The predicted molar refractivity (Wildman–Crippen MR) is 67.6 cm³/mol. The molecule has 94 valence electrons. The highest BCUT2D eigenvalue weighted by molar-refractivity contribution is 5.04. The topological polar surface area (TPSA) is 39.6 Å². The van der Waals surface area contributed by atoms with E-state index in [0.29, 0.717) is 6.04 Å². The van der Waals surface area contributed by atoms with Gasteiger partial charge in [0.25, 0.3) is 0 Å². The third kappa shape index (κ3) is 3.49. The predicted octanol–water partition coefficient (Wildman–Crippen LogP) is 0.580. The van der Waals surface area contributed by atoms with Crippen molar-refractivity contribution in [1.29, 1.82) is 0 Å². The number of aromatic nitrogens is 1. The normalized spacial score (nSPS) is 22.8. The van der Waals surface area contributed by atoms with E-state index in [-0.39, 0.29) is 6.61 Å². The zero-order chi connectivity index (χ0) is 12.1. The number of aliphatic hydroxyl groups excluding tert-OH is 1. The molecule has 1 aliphatic heterocycles. The summed E-state index contributed by atoms with van der Waals surface area (Å²) in [6, 6.07) is 6.48. The Morgan fingerprint density at radius 1 is 1.41 bits per heavy atom. The highest BCUT2D eigenvalue weighted by Gasteiger charge is 2.24. The van der Waals surface area contributed by atoms with Crippen LogP contribution in [0.25, 0.3) is 0 Å². The van der Waals surface area contributed by atoms with E-state index < -0.39 is 0 Å². The van der Waals surface area contributed by atoms with Crippen LogP contribution in [0.2, 0.25) is 0 Å². The molecule has 1 unspecified atom stereocenters. The molecular weight excluding hydrogens is 214 g/mol. The summed E-state index contributed by atoms with van der Waals surface area (Å²) in [5, 5.41) is 9.13. The second-order valence-corrected chi connectivity index (χ2v) is 4.72. The Morgan fingerprint density at radius 3 is 3.00 bits per heavy atom. The molecule has 0 aliphatic carbocycles. The van der Waals surface area contributed by atoms with Gasteiger partial charge in [0.1, 0.15) is 0 Å². The number of hydrogen-bond acceptors (Lipinski definition) is 4. The van der Waals surface area contributed by atoms with Crippen molar-refractivity contribution in [3.8, 4) is 0 Å². The first kappa shape index (κ1) is 12.5. The van der Waals surface area contributed by atoms with Crippen molar-refractivity contribution in [2.45, 2.75) is 19.0 Å². The Labute approximate surface area is 103 Å². The SMILES string of the molecule is CN1CCN(Cc2ccccn2)C(CCO)C1. The molecule has 0 radical (unpaired) electrons. The lowest BCUT2D eigenvalue weighted by Crippen LogP contribution is -2.51. The van der Waals surface area contributed by atoms with Gasteiger partial charge in [0.15, 0.2) is 0 Å². The summed E-state index contributed by atoms with van der Waals surface area (Å²) in [5.74, 6) is 0. The van der Waals surface area contributed by atoms with Crippen LogP contribution in [0, 0.1) is 0 Å². The van der Waals surface area contributed by atoms with E-state index in [2.05, 4.69) is 27.9 Å². The second kappa shape index (κ2) is 6.10. The summed E-state index contributed by atoms with van der Waals surface area (Å²) < 4.78 is 0. The molecule has 4 heteroatoms. The van der Waals surface area contributed by atoms with Gasteiger partial charge in [0.2, 0.25) is 0 Å². The van der Waals surface area contributed by atoms with Gasteiger partial charge in [-0.2, -0.15) is 0 Å². The van der Waals surface area contributed by atoms with Crippen molar-refractivity contribution in [2.75, 3.05) is 33.3 Å². The van der Waals surface area contributed by atoms with Crippen LogP contribution < -0.4 is 0 Å². The average Bonchev–Trinajstić information content (AvgIpc) is 2.34. The van der Waals surface area contributed by atoms with Crippen molar-refractivity contribution >= 4 is 0 Å². The Hall–Kier alpha value is -0.970. The molecule has 1 N–H and O–H groups in total. The van der Waals surface area contributed by atoms with Gasteiger partial charge in [-0.25, -0.2) is 0 Å². The molecule has 1 aromatic heterocycles. The summed E-state index contributed by atoms with van der Waals surface area (Å²) in [6.07, 6.45) is 2.68. The maximum absolute atomic E-state index is 9.13. The number of nitrogens with zero attached hydrogens (tertiary/aromatic N) is 3. The van der Waals surface area contributed by atoms with E-state index in [4.69, 9.17) is 5.11 Å². The minimum atomic E-state index is 0.261. The van der Waals surface area contributed by atoms with Crippen LogP contribution in [-0.2, 0) is 6.54 Å². The van der Waals surface area contributed by atoms with Crippen LogP contribution in [0.15, 0.2) is 24.4 Å². The van der Waals surface area contributed by atoms with Crippen LogP contribution in [0.4, 0.5) is 0 Å². The van der Waals surface area contributed by atoms with E-state index in [1.807, 2.05) is 18.3 Å². The molecule has 0 amide bonds. The molecule has 0 saturated carbocycles. The molecular formula is C13H21N3O. The summed E-state index contributed by atoms with van der Waals surface area (Å²) >= 11 is 0. The molecule has 2 heterocycles. The van der Waals surface area contributed by atoms with Crippen LogP contribution in [0.3, 0.4) is 0 Å². The maximum atomic E-state index is 9.13. The van der Waals surface area contributed by atoms with E-state index in [0.717, 1.165) is 38.3 Å². The molecule has 2 rings (SSSR count). The van der Waals surface area contributed by atoms with Crippen molar-refractivity contribution in [2.24, 2.45) is 0 Å². The molecule has 0 spiro atoms. The largest absolute Gasteiger partial charge is 0.396 e.